The molecule has 3 heterocycles. The van der Waals surface area contributed by atoms with Crippen LogP contribution in [0, 0.1) is 0 Å². The van der Waals surface area contributed by atoms with E-state index in [1.165, 1.54) is 49.1 Å². The van der Waals surface area contributed by atoms with Crippen LogP contribution in [0.25, 0.3) is 54.6 Å². The first-order chi connectivity index (χ1) is 13.3. The zero-order chi connectivity index (χ0) is 17.7. The van der Waals surface area contributed by atoms with Gasteiger partial charge in [0.05, 0.1) is 38.1 Å². The van der Waals surface area contributed by atoms with Crippen LogP contribution in [-0.2, 0) is 0 Å². The monoisotopic (exact) mass is 364 g/mol. The van der Waals surface area contributed by atoms with E-state index in [9.17, 15) is 0 Å². The lowest BCUT2D eigenvalue weighted by molar-refractivity contribution is 1.26. The van der Waals surface area contributed by atoms with E-state index in [1.807, 2.05) is 12.1 Å². The summed E-state index contributed by atoms with van der Waals surface area (Å²) in [6, 6.07) is 28.0. The number of para-hydroxylation sites is 4. The molecule has 27 heavy (non-hydrogen) atoms. The Bertz CT molecular complexity index is 1680. The van der Waals surface area contributed by atoms with Crippen molar-refractivity contribution in [1.29, 1.82) is 0 Å². The third kappa shape index (κ3) is 1.47. The van der Waals surface area contributed by atoms with Gasteiger partial charge in [-0.1, -0.05) is 66.2 Å². The van der Waals surface area contributed by atoms with Gasteiger partial charge in [-0.15, -0.1) is 0 Å². The van der Waals surface area contributed by atoms with Crippen LogP contribution in [0.4, 0.5) is 0 Å². The Hall–Kier alpha value is -3.23. The van der Waals surface area contributed by atoms with Crippen molar-refractivity contribution in [3.63, 3.8) is 0 Å². The first-order valence-electron chi connectivity index (χ1n) is 9.09. The third-order valence-corrected chi connectivity index (χ3v) is 6.20. The molecule has 0 spiro atoms. The fourth-order valence-corrected chi connectivity index (χ4v) is 5.17. The largest absolute Gasteiger partial charge is 0.305 e. The molecule has 0 aliphatic rings. The van der Waals surface area contributed by atoms with Gasteiger partial charge in [0.25, 0.3) is 0 Å². The number of nitrogens with zero attached hydrogens (tertiary/aromatic N) is 2. The standard InChI is InChI=1S/C24H13ClN2/c25-18-10-3-7-16-17-9-5-12-20-24(17)27(22(16)18)21-13-4-8-15-14-6-1-2-11-19(14)26(20)23(15)21/h1-13H. The minimum absolute atomic E-state index is 0.788. The molecule has 0 N–H and O–H groups in total. The molecular formula is C24H13ClN2. The fraction of sp³-hybridized carbons (Fsp3) is 0. The zero-order valence-electron chi connectivity index (χ0n) is 14.3. The van der Waals surface area contributed by atoms with Gasteiger partial charge in [0.15, 0.2) is 0 Å². The normalized spacial score (nSPS) is 12.6. The SMILES string of the molecule is Clc1cccc2c3cccc4c3n(c3cccc5c6ccccc6n4c53)c12. The molecule has 0 aliphatic heterocycles. The van der Waals surface area contributed by atoms with E-state index in [2.05, 4.69) is 75.5 Å². The van der Waals surface area contributed by atoms with Gasteiger partial charge >= 0.3 is 0 Å². The molecule has 4 aromatic carbocycles. The summed E-state index contributed by atoms with van der Waals surface area (Å²) in [4.78, 5) is 0. The average Bonchev–Trinajstić information content (AvgIpc) is 3.23. The summed E-state index contributed by atoms with van der Waals surface area (Å²) in [7, 11) is 0. The van der Waals surface area contributed by atoms with Crippen LogP contribution in [-0.4, -0.2) is 8.80 Å². The Morgan fingerprint density at radius 2 is 0.963 bits per heavy atom. The maximum Gasteiger partial charge on any atom is 0.0783 e. The maximum absolute atomic E-state index is 6.70. The van der Waals surface area contributed by atoms with Crippen molar-refractivity contribution in [2.75, 3.05) is 0 Å². The maximum atomic E-state index is 6.70. The first kappa shape index (κ1) is 13.9. The van der Waals surface area contributed by atoms with Gasteiger partial charge < -0.3 is 8.80 Å². The number of fused-ring (bicyclic) bond motifs is 8. The molecule has 126 valence electrons. The van der Waals surface area contributed by atoms with E-state index in [4.69, 9.17) is 11.6 Å². The van der Waals surface area contributed by atoms with Crippen LogP contribution in [0.3, 0.4) is 0 Å². The summed E-state index contributed by atoms with van der Waals surface area (Å²) in [5, 5.41) is 5.79. The van der Waals surface area contributed by atoms with Gasteiger partial charge in [0.2, 0.25) is 0 Å². The van der Waals surface area contributed by atoms with Gasteiger partial charge in [0, 0.05) is 21.5 Å². The van der Waals surface area contributed by atoms with Gasteiger partial charge in [-0.05, 0) is 24.3 Å². The Morgan fingerprint density at radius 1 is 0.444 bits per heavy atom. The Morgan fingerprint density at radius 3 is 1.78 bits per heavy atom. The molecule has 0 bridgehead atoms. The molecule has 0 saturated carbocycles. The summed E-state index contributed by atoms with van der Waals surface area (Å²) in [5.41, 5.74) is 7.21. The quantitative estimate of drug-likeness (QED) is 0.259. The summed E-state index contributed by atoms with van der Waals surface area (Å²) in [6.45, 7) is 0. The predicted molar refractivity (Wildman–Crippen MR) is 115 cm³/mol. The summed E-state index contributed by atoms with van der Waals surface area (Å²) >= 11 is 6.70. The van der Waals surface area contributed by atoms with E-state index >= 15 is 0 Å². The van der Waals surface area contributed by atoms with Crippen LogP contribution in [0.1, 0.15) is 0 Å². The topological polar surface area (TPSA) is 8.82 Å². The van der Waals surface area contributed by atoms with Crippen molar-refractivity contribution in [3.05, 3.63) is 83.9 Å². The first-order valence-corrected chi connectivity index (χ1v) is 9.47. The molecular weight excluding hydrogens is 352 g/mol. The van der Waals surface area contributed by atoms with Crippen LogP contribution in [0.2, 0.25) is 5.02 Å². The van der Waals surface area contributed by atoms with Crippen molar-refractivity contribution >= 4 is 66.2 Å². The summed E-state index contributed by atoms with van der Waals surface area (Å²) in [6.07, 6.45) is 0. The molecule has 2 nitrogen and oxygen atoms in total. The van der Waals surface area contributed by atoms with Crippen molar-refractivity contribution in [3.8, 4) is 0 Å². The Labute approximate surface area is 159 Å². The number of rotatable bonds is 0. The number of hydrogen-bond donors (Lipinski definition) is 0. The highest BCUT2D eigenvalue weighted by Gasteiger charge is 2.20. The van der Waals surface area contributed by atoms with E-state index in [-0.39, 0.29) is 0 Å². The highest BCUT2D eigenvalue weighted by Crippen LogP contribution is 2.41. The van der Waals surface area contributed by atoms with Crippen molar-refractivity contribution in [2.24, 2.45) is 0 Å². The second kappa shape index (κ2) is 4.54. The van der Waals surface area contributed by atoms with Crippen LogP contribution >= 0.6 is 11.6 Å². The highest BCUT2D eigenvalue weighted by molar-refractivity contribution is 6.37. The third-order valence-electron chi connectivity index (χ3n) is 5.89. The van der Waals surface area contributed by atoms with E-state index in [0.29, 0.717) is 0 Å². The van der Waals surface area contributed by atoms with Crippen molar-refractivity contribution in [2.45, 2.75) is 0 Å². The van der Waals surface area contributed by atoms with Gasteiger partial charge in [-0.3, -0.25) is 0 Å². The average molecular weight is 365 g/mol. The zero-order valence-corrected chi connectivity index (χ0v) is 15.0. The van der Waals surface area contributed by atoms with Crippen molar-refractivity contribution in [1.82, 2.24) is 8.80 Å². The smallest absolute Gasteiger partial charge is 0.0783 e. The number of aromatic nitrogens is 2. The van der Waals surface area contributed by atoms with Crippen LogP contribution in [0.15, 0.2) is 78.9 Å². The second-order valence-corrected chi connectivity index (χ2v) is 7.58. The molecule has 7 aromatic rings. The molecule has 0 atom stereocenters. The molecule has 3 aromatic heterocycles. The molecule has 7 rings (SSSR count). The molecule has 0 amide bonds. The molecule has 0 aliphatic carbocycles. The predicted octanol–water partition coefficient (Wildman–Crippen LogP) is 6.90. The minimum Gasteiger partial charge on any atom is -0.305 e. The number of halogens is 1. The summed E-state index contributed by atoms with van der Waals surface area (Å²) in [5.74, 6) is 0. The summed E-state index contributed by atoms with van der Waals surface area (Å²) < 4.78 is 4.76. The molecule has 0 unspecified atom stereocenters. The van der Waals surface area contributed by atoms with E-state index < -0.39 is 0 Å². The molecule has 0 saturated heterocycles. The number of hydrogen-bond acceptors (Lipinski definition) is 0. The van der Waals surface area contributed by atoms with Gasteiger partial charge in [0.1, 0.15) is 0 Å². The van der Waals surface area contributed by atoms with Crippen LogP contribution in [0.5, 0.6) is 0 Å². The van der Waals surface area contributed by atoms with Gasteiger partial charge in [-0.25, -0.2) is 0 Å². The molecule has 3 heteroatoms. The van der Waals surface area contributed by atoms with Crippen LogP contribution < -0.4 is 0 Å². The van der Waals surface area contributed by atoms with Crippen molar-refractivity contribution < 1.29 is 0 Å². The minimum atomic E-state index is 0.788. The van der Waals surface area contributed by atoms with E-state index in [0.717, 1.165) is 10.5 Å². The lowest BCUT2D eigenvalue weighted by Gasteiger charge is -2.11. The Balaban J connectivity index is 2.01. The second-order valence-electron chi connectivity index (χ2n) is 7.17. The highest BCUT2D eigenvalue weighted by atomic mass is 35.5. The van der Waals surface area contributed by atoms with Gasteiger partial charge in [-0.2, -0.15) is 0 Å². The fourth-order valence-electron chi connectivity index (χ4n) is 4.91. The van der Waals surface area contributed by atoms with E-state index in [1.54, 1.807) is 0 Å². The number of benzene rings is 4. The Kier molecular flexibility index (Phi) is 2.34. The lowest BCUT2D eigenvalue weighted by atomic mass is 10.1. The molecule has 0 fully saturated rings. The molecule has 0 radical (unpaired) electrons. The lowest BCUT2D eigenvalue weighted by Crippen LogP contribution is -1.96.